The number of aryl methyl sites for hydroxylation is 1. The minimum absolute atomic E-state index is 0.121. The first-order chi connectivity index (χ1) is 16.5. The number of hydrogen-bond donors (Lipinski definition) is 3. The van der Waals surface area contributed by atoms with E-state index in [4.69, 9.17) is 5.41 Å². The molecule has 0 radical (unpaired) electrons. The molecule has 176 valence electrons. The van der Waals surface area contributed by atoms with Crippen LogP contribution in [-0.2, 0) is 0 Å². The molecule has 0 bridgehead atoms. The van der Waals surface area contributed by atoms with Crippen molar-refractivity contribution in [1.82, 2.24) is 14.9 Å². The summed E-state index contributed by atoms with van der Waals surface area (Å²) in [6, 6.07) is 15.6. The molecular weight excluding hydrogens is 426 g/mol. The second kappa shape index (κ2) is 10.5. The van der Waals surface area contributed by atoms with Crippen molar-refractivity contribution < 1.29 is 4.79 Å². The summed E-state index contributed by atoms with van der Waals surface area (Å²) in [4.78, 5) is 30.1. The van der Waals surface area contributed by atoms with E-state index in [1.165, 1.54) is 4.57 Å². The minimum atomic E-state index is -0.292. The summed E-state index contributed by atoms with van der Waals surface area (Å²) in [5.74, 6) is -0.0449. The first kappa shape index (κ1) is 23.4. The summed E-state index contributed by atoms with van der Waals surface area (Å²) in [7, 11) is 0. The number of anilines is 1. The molecule has 7 nitrogen and oxygen atoms in total. The van der Waals surface area contributed by atoms with Crippen LogP contribution in [0.15, 0.2) is 65.7 Å². The van der Waals surface area contributed by atoms with Crippen LogP contribution in [-0.4, -0.2) is 33.8 Å². The summed E-state index contributed by atoms with van der Waals surface area (Å²) < 4.78 is 1.52. The normalized spacial score (nSPS) is 13.8. The van der Waals surface area contributed by atoms with Gasteiger partial charge < -0.3 is 16.0 Å². The van der Waals surface area contributed by atoms with Crippen LogP contribution < -0.4 is 16.2 Å². The lowest BCUT2D eigenvalue weighted by atomic mass is 9.91. The van der Waals surface area contributed by atoms with Crippen molar-refractivity contribution in [2.75, 3.05) is 11.9 Å². The summed E-state index contributed by atoms with van der Waals surface area (Å²) in [5.41, 5.74) is 3.44. The summed E-state index contributed by atoms with van der Waals surface area (Å²) in [6.07, 6.45) is 6.82. The highest BCUT2D eigenvalue weighted by molar-refractivity contribution is 5.95. The van der Waals surface area contributed by atoms with Gasteiger partial charge in [0, 0.05) is 42.2 Å². The monoisotopic (exact) mass is 457 g/mol. The maximum atomic E-state index is 13.3. The molecule has 1 aliphatic rings. The Bertz CT molecular complexity index is 1230. The van der Waals surface area contributed by atoms with Crippen LogP contribution >= 0.6 is 0 Å². The highest BCUT2D eigenvalue weighted by Gasteiger charge is 2.24. The van der Waals surface area contributed by atoms with E-state index in [1.807, 2.05) is 43.3 Å². The van der Waals surface area contributed by atoms with E-state index in [1.54, 1.807) is 24.5 Å². The van der Waals surface area contributed by atoms with Gasteiger partial charge in [-0.15, -0.1) is 0 Å². The fourth-order valence-electron chi connectivity index (χ4n) is 4.00. The van der Waals surface area contributed by atoms with E-state index in [9.17, 15) is 9.59 Å². The third kappa shape index (κ3) is 5.42. The van der Waals surface area contributed by atoms with Crippen molar-refractivity contribution in [3.05, 3.63) is 88.0 Å². The standard InChI is InChI=1S/C27H31N5O2/c1-3-7-23(28)22(19-8-5-4-6-9-19)17-30-25-27(34)32(15-14-29-25)24-16-20(11-10-18(24)2)26(33)31-21-12-13-21/h4-6,8-11,14-16,21-22,28H,3,7,12-13,17H2,1-2H3,(H,29,30)(H,31,33). The van der Waals surface area contributed by atoms with Gasteiger partial charge in [0.05, 0.1) is 5.69 Å². The third-order valence-corrected chi connectivity index (χ3v) is 6.10. The van der Waals surface area contributed by atoms with Crippen LogP contribution in [0.3, 0.4) is 0 Å². The Kier molecular flexibility index (Phi) is 7.21. The van der Waals surface area contributed by atoms with Crippen molar-refractivity contribution in [3.63, 3.8) is 0 Å². The second-order valence-corrected chi connectivity index (χ2v) is 8.82. The zero-order chi connectivity index (χ0) is 24.1. The molecule has 0 aliphatic heterocycles. The van der Waals surface area contributed by atoms with Gasteiger partial charge in [0.2, 0.25) is 0 Å². The van der Waals surface area contributed by atoms with E-state index in [-0.39, 0.29) is 29.2 Å². The van der Waals surface area contributed by atoms with Crippen molar-refractivity contribution in [2.24, 2.45) is 0 Å². The lowest BCUT2D eigenvalue weighted by molar-refractivity contribution is 0.0951. The molecular formula is C27H31N5O2. The largest absolute Gasteiger partial charge is 0.364 e. The lowest BCUT2D eigenvalue weighted by Gasteiger charge is -2.20. The molecule has 1 saturated carbocycles. The number of amides is 1. The van der Waals surface area contributed by atoms with Gasteiger partial charge in [-0.25, -0.2) is 4.98 Å². The number of nitrogens with one attached hydrogen (secondary N) is 3. The van der Waals surface area contributed by atoms with Gasteiger partial charge in [0.15, 0.2) is 5.82 Å². The molecule has 0 spiro atoms. The average Bonchev–Trinajstić information content (AvgIpc) is 3.65. The number of hydrogen-bond acceptors (Lipinski definition) is 5. The number of carbonyl (C=O) groups is 1. The predicted molar refractivity (Wildman–Crippen MR) is 135 cm³/mol. The fraction of sp³-hybridized carbons (Fsp3) is 0.333. The van der Waals surface area contributed by atoms with Gasteiger partial charge >= 0.3 is 0 Å². The van der Waals surface area contributed by atoms with Crippen molar-refractivity contribution in [1.29, 1.82) is 5.41 Å². The summed E-state index contributed by atoms with van der Waals surface area (Å²) >= 11 is 0. The van der Waals surface area contributed by atoms with Crippen LogP contribution in [0.5, 0.6) is 0 Å². The Morgan fingerprint density at radius 1 is 1.21 bits per heavy atom. The van der Waals surface area contributed by atoms with Crippen LogP contribution in [0.4, 0.5) is 5.82 Å². The number of rotatable bonds is 10. The van der Waals surface area contributed by atoms with Crippen molar-refractivity contribution >= 4 is 17.4 Å². The first-order valence-electron chi connectivity index (χ1n) is 11.8. The fourth-order valence-corrected chi connectivity index (χ4v) is 4.00. The Morgan fingerprint density at radius 2 is 1.97 bits per heavy atom. The maximum absolute atomic E-state index is 13.3. The molecule has 1 unspecified atom stereocenters. The van der Waals surface area contributed by atoms with E-state index in [0.29, 0.717) is 29.9 Å². The number of aromatic nitrogens is 2. The zero-order valence-electron chi connectivity index (χ0n) is 19.7. The third-order valence-electron chi connectivity index (χ3n) is 6.10. The van der Waals surface area contributed by atoms with Crippen molar-refractivity contribution in [2.45, 2.75) is 51.5 Å². The maximum Gasteiger partial charge on any atom is 0.297 e. The Hall–Kier alpha value is -3.74. The van der Waals surface area contributed by atoms with E-state index < -0.39 is 0 Å². The minimum Gasteiger partial charge on any atom is -0.364 e. The van der Waals surface area contributed by atoms with Gasteiger partial charge in [-0.2, -0.15) is 0 Å². The van der Waals surface area contributed by atoms with Gasteiger partial charge in [-0.1, -0.05) is 49.7 Å². The summed E-state index contributed by atoms with van der Waals surface area (Å²) in [6.45, 7) is 4.37. The van der Waals surface area contributed by atoms with E-state index in [2.05, 4.69) is 22.5 Å². The molecule has 2 aromatic carbocycles. The van der Waals surface area contributed by atoms with E-state index in [0.717, 1.165) is 30.4 Å². The number of nitrogens with zero attached hydrogens (tertiary/aromatic N) is 2. The van der Waals surface area contributed by atoms with Gasteiger partial charge in [-0.05, 0) is 49.4 Å². The predicted octanol–water partition coefficient (Wildman–Crippen LogP) is 4.45. The van der Waals surface area contributed by atoms with Crippen LogP contribution in [0.1, 0.15) is 60.0 Å². The van der Waals surface area contributed by atoms with Crippen LogP contribution in [0.2, 0.25) is 0 Å². The van der Waals surface area contributed by atoms with Gasteiger partial charge in [0.25, 0.3) is 11.5 Å². The molecule has 1 aliphatic carbocycles. The first-order valence-corrected chi connectivity index (χ1v) is 11.8. The lowest BCUT2D eigenvalue weighted by Crippen LogP contribution is -2.28. The molecule has 4 rings (SSSR count). The molecule has 7 heteroatoms. The summed E-state index contributed by atoms with van der Waals surface area (Å²) in [5, 5.41) is 14.7. The highest BCUT2D eigenvalue weighted by Crippen LogP contribution is 2.22. The molecule has 3 aromatic rings. The smallest absolute Gasteiger partial charge is 0.297 e. The van der Waals surface area contributed by atoms with Crippen LogP contribution in [0, 0.1) is 12.3 Å². The zero-order valence-corrected chi connectivity index (χ0v) is 19.7. The molecule has 0 saturated heterocycles. The quantitative estimate of drug-likeness (QED) is 0.392. The highest BCUT2D eigenvalue weighted by atomic mass is 16.2. The topological polar surface area (TPSA) is 99.9 Å². The Morgan fingerprint density at radius 3 is 2.68 bits per heavy atom. The molecule has 3 N–H and O–H groups in total. The number of carbonyl (C=O) groups excluding carboxylic acids is 1. The Balaban J connectivity index is 1.59. The molecule has 1 heterocycles. The van der Waals surface area contributed by atoms with Crippen molar-refractivity contribution in [3.8, 4) is 5.69 Å². The van der Waals surface area contributed by atoms with Gasteiger partial charge in [-0.3, -0.25) is 14.2 Å². The Labute approximate surface area is 199 Å². The molecule has 34 heavy (non-hydrogen) atoms. The second-order valence-electron chi connectivity index (χ2n) is 8.82. The SMILES string of the molecule is CCCC(=N)C(CNc1nccn(-c2cc(C(=O)NC3CC3)ccc2C)c1=O)c1ccccc1. The van der Waals surface area contributed by atoms with E-state index >= 15 is 0 Å². The van der Waals surface area contributed by atoms with Gasteiger partial charge in [0.1, 0.15) is 0 Å². The molecule has 1 aromatic heterocycles. The average molecular weight is 458 g/mol. The van der Waals surface area contributed by atoms with Crippen LogP contribution in [0.25, 0.3) is 5.69 Å². The number of benzene rings is 2. The molecule has 1 amide bonds. The molecule has 1 fully saturated rings. The molecule has 1 atom stereocenters.